The third-order valence-corrected chi connectivity index (χ3v) is 3.46. The second kappa shape index (κ2) is 7.10. The molecule has 0 saturated heterocycles. The number of aliphatic hydroxyl groups excluding tert-OH is 1. The number of amides is 1. The minimum Gasteiger partial charge on any atom is -0.508 e. The predicted octanol–water partition coefficient (Wildman–Crippen LogP) is 2.04. The summed E-state index contributed by atoms with van der Waals surface area (Å²) in [5, 5.41) is 25.0. The number of aromatic hydroxyl groups is 1. The molecular formula is C17H14FN3O4. The molecule has 0 spiro atoms. The van der Waals surface area contributed by atoms with Crippen molar-refractivity contribution in [3.8, 4) is 17.1 Å². The summed E-state index contributed by atoms with van der Waals surface area (Å²) in [7, 11) is 0. The number of rotatable bonds is 5. The van der Waals surface area contributed by atoms with Gasteiger partial charge in [0, 0.05) is 11.6 Å². The van der Waals surface area contributed by atoms with Gasteiger partial charge in [-0.15, -0.1) is 0 Å². The molecule has 0 fully saturated rings. The van der Waals surface area contributed by atoms with Gasteiger partial charge >= 0.3 is 0 Å². The fourth-order valence-electron chi connectivity index (χ4n) is 2.19. The van der Waals surface area contributed by atoms with Gasteiger partial charge < -0.3 is 20.1 Å². The predicted molar refractivity (Wildman–Crippen MR) is 85.1 cm³/mol. The first-order valence-electron chi connectivity index (χ1n) is 7.37. The Kier molecular flexibility index (Phi) is 4.71. The molecule has 3 aromatic rings. The van der Waals surface area contributed by atoms with Crippen LogP contribution >= 0.6 is 0 Å². The van der Waals surface area contributed by atoms with Crippen LogP contribution in [0.2, 0.25) is 0 Å². The number of nitrogens with zero attached hydrogens (tertiary/aromatic N) is 2. The SMILES string of the molecule is O=C(N[C@@H](CO)c1nc(-c2ccc(O)cc2F)no1)c1ccccc1. The lowest BCUT2D eigenvalue weighted by molar-refractivity contribution is 0.0901. The molecule has 0 aliphatic carbocycles. The third kappa shape index (κ3) is 3.64. The smallest absolute Gasteiger partial charge is 0.251 e. The van der Waals surface area contributed by atoms with Gasteiger partial charge in [0.25, 0.3) is 11.8 Å². The summed E-state index contributed by atoms with van der Waals surface area (Å²) in [4.78, 5) is 16.2. The Morgan fingerprint density at radius 2 is 2.00 bits per heavy atom. The highest BCUT2D eigenvalue weighted by molar-refractivity contribution is 5.94. The summed E-state index contributed by atoms with van der Waals surface area (Å²) in [6.45, 7) is -0.474. The highest BCUT2D eigenvalue weighted by Crippen LogP contribution is 2.24. The van der Waals surface area contributed by atoms with Gasteiger partial charge in [-0.2, -0.15) is 4.98 Å². The summed E-state index contributed by atoms with van der Waals surface area (Å²) >= 11 is 0. The Morgan fingerprint density at radius 1 is 1.24 bits per heavy atom. The van der Waals surface area contributed by atoms with Gasteiger partial charge in [-0.05, 0) is 24.3 Å². The number of hydrogen-bond donors (Lipinski definition) is 3. The van der Waals surface area contributed by atoms with Gasteiger partial charge in [0.15, 0.2) is 0 Å². The molecule has 25 heavy (non-hydrogen) atoms. The van der Waals surface area contributed by atoms with E-state index in [1.807, 2.05) is 0 Å². The molecular weight excluding hydrogens is 329 g/mol. The van der Waals surface area contributed by atoms with Crippen molar-refractivity contribution < 1.29 is 23.9 Å². The van der Waals surface area contributed by atoms with Crippen LogP contribution < -0.4 is 5.32 Å². The molecule has 0 unspecified atom stereocenters. The van der Waals surface area contributed by atoms with Crippen LogP contribution in [0, 0.1) is 5.82 Å². The van der Waals surface area contributed by atoms with Gasteiger partial charge in [-0.1, -0.05) is 23.4 Å². The summed E-state index contributed by atoms with van der Waals surface area (Å²) in [5.74, 6) is -1.49. The molecule has 128 valence electrons. The zero-order valence-electron chi connectivity index (χ0n) is 12.9. The van der Waals surface area contributed by atoms with Crippen LogP contribution in [0.15, 0.2) is 53.1 Å². The second-order valence-corrected chi connectivity index (χ2v) is 5.20. The molecule has 0 aliphatic heterocycles. The van der Waals surface area contributed by atoms with E-state index in [4.69, 9.17) is 4.52 Å². The van der Waals surface area contributed by atoms with E-state index < -0.39 is 24.4 Å². The number of nitrogens with one attached hydrogen (secondary N) is 1. The topological polar surface area (TPSA) is 108 Å². The summed E-state index contributed by atoms with van der Waals surface area (Å²) in [6.07, 6.45) is 0. The number of halogens is 1. The highest BCUT2D eigenvalue weighted by atomic mass is 19.1. The molecule has 3 N–H and O–H groups in total. The first-order valence-corrected chi connectivity index (χ1v) is 7.37. The molecule has 0 radical (unpaired) electrons. The average molecular weight is 343 g/mol. The highest BCUT2D eigenvalue weighted by Gasteiger charge is 2.22. The van der Waals surface area contributed by atoms with E-state index in [1.165, 1.54) is 12.1 Å². The van der Waals surface area contributed by atoms with E-state index in [9.17, 15) is 19.4 Å². The lowest BCUT2D eigenvalue weighted by Gasteiger charge is -2.11. The van der Waals surface area contributed by atoms with Crippen molar-refractivity contribution in [3.05, 3.63) is 65.8 Å². The molecule has 0 saturated carbocycles. The van der Waals surface area contributed by atoms with Crippen molar-refractivity contribution in [1.82, 2.24) is 15.5 Å². The molecule has 1 amide bonds. The van der Waals surface area contributed by atoms with E-state index in [2.05, 4.69) is 15.5 Å². The molecule has 1 heterocycles. The van der Waals surface area contributed by atoms with E-state index >= 15 is 0 Å². The Bertz CT molecular complexity index is 883. The van der Waals surface area contributed by atoms with Crippen molar-refractivity contribution in [2.24, 2.45) is 0 Å². The van der Waals surface area contributed by atoms with Gasteiger partial charge in [0.2, 0.25) is 5.82 Å². The Morgan fingerprint density at radius 3 is 2.68 bits per heavy atom. The lowest BCUT2D eigenvalue weighted by atomic mass is 10.2. The van der Waals surface area contributed by atoms with E-state index in [1.54, 1.807) is 30.3 Å². The number of phenolic OH excluding ortho intramolecular Hbond substituents is 1. The number of aliphatic hydroxyl groups is 1. The molecule has 3 rings (SSSR count). The van der Waals surface area contributed by atoms with Gasteiger partial charge in [-0.25, -0.2) is 4.39 Å². The van der Waals surface area contributed by atoms with Crippen molar-refractivity contribution in [1.29, 1.82) is 0 Å². The van der Waals surface area contributed by atoms with E-state index in [-0.39, 0.29) is 23.0 Å². The number of carbonyl (C=O) groups is 1. The van der Waals surface area contributed by atoms with Crippen LogP contribution in [0.3, 0.4) is 0 Å². The number of aromatic nitrogens is 2. The minimum atomic E-state index is -0.936. The maximum atomic E-state index is 13.9. The summed E-state index contributed by atoms with van der Waals surface area (Å²) < 4.78 is 18.9. The lowest BCUT2D eigenvalue weighted by Crippen LogP contribution is -2.31. The zero-order chi connectivity index (χ0) is 17.8. The minimum absolute atomic E-state index is 0.0267. The van der Waals surface area contributed by atoms with Gasteiger partial charge in [0.05, 0.1) is 12.2 Å². The molecule has 7 nitrogen and oxygen atoms in total. The normalized spacial score (nSPS) is 11.9. The maximum absolute atomic E-state index is 13.9. The molecule has 0 bridgehead atoms. The van der Waals surface area contributed by atoms with Crippen molar-refractivity contribution in [2.45, 2.75) is 6.04 Å². The van der Waals surface area contributed by atoms with Crippen molar-refractivity contribution in [2.75, 3.05) is 6.61 Å². The van der Waals surface area contributed by atoms with Gasteiger partial charge in [-0.3, -0.25) is 4.79 Å². The Balaban J connectivity index is 1.81. The number of carbonyl (C=O) groups excluding carboxylic acids is 1. The third-order valence-electron chi connectivity index (χ3n) is 3.46. The number of benzene rings is 2. The first-order chi connectivity index (χ1) is 12.1. The largest absolute Gasteiger partial charge is 0.508 e. The Labute approximate surface area is 141 Å². The monoisotopic (exact) mass is 343 g/mol. The van der Waals surface area contributed by atoms with Crippen LogP contribution in [0.4, 0.5) is 4.39 Å². The molecule has 1 atom stereocenters. The Hall–Kier alpha value is -3.26. The number of hydrogen-bond acceptors (Lipinski definition) is 6. The number of phenols is 1. The molecule has 2 aromatic carbocycles. The summed E-state index contributed by atoms with van der Waals surface area (Å²) in [6, 6.07) is 11.0. The van der Waals surface area contributed by atoms with E-state index in [0.717, 1.165) is 6.07 Å². The van der Waals surface area contributed by atoms with Crippen LogP contribution in [-0.4, -0.2) is 32.9 Å². The summed E-state index contributed by atoms with van der Waals surface area (Å²) in [5.41, 5.74) is 0.434. The zero-order valence-corrected chi connectivity index (χ0v) is 12.9. The van der Waals surface area contributed by atoms with Crippen molar-refractivity contribution >= 4 is 5.91 Å². The fraction of sp³-hybridized carbons (Fsp3) is 0.118. The first kappa shape index (κ1) is 16.6. The molecule has 1 aromatic heterocycles. The van der Waals surface area contributed by atoms with Gasteiger partial charge in [0.1, 0.15) is 17.6 Å². The average Bonchev–Trinajstić information content (AvgIpc) is 3.09. The van der Waals surface area contributed by atoms with Crippen molar-refractivity contribution in [3.63, 3.8) is 0 Å². The van der Waals surface area contributed by atoms with Crippen LogP contribution in [0.1, 0.15) is 22.3 Å². The van der Waals surface area contributed by atoms with E-state index in [0.29, 0.717) is 5.56 Å². The fourth-order valence-corrected chi connectivity index (χ4v) is 2.19. The van der Waals surface area contributed by atoms with Crippen LogP contribution in [-0.2, 0) is 0 Å². The quantitative estimate of drug-likeness (QED) is 0.654. The standard InChI is InChI=1S/C17H14FN3O4/c18-13-8-11(23)6-7-12(13)15-20-17(25-21-15)14(9-22)19-16(24)10-4-2-1-3-5-10/h1-8,14,22-23H,9H2,(H,19,24)/t14-/m0/s1. The molecule has 8 heteroatoms. The molecule has 0 aliphatic rings. The second-order valence-electron chi connectivity index (χ2n) is 5.20. The van der Waals surface area contributed by atoms with Crippen LogP contribution in [0.5, 0.6) is 5.75 Å². The maximum Gasteiger partial charge on any atom is 0.251 e. The van der Waals surface area contributed by atoms with Crippen LogP contribution in [0.25, 0.3) is 11.4 Å².